The number of hydrogen-bond donors (Lipinski definition) is 3. The van der Waals surface area contributed by atoms with Crippen molar-refractivity contribution < 1.29 is 56.7 Å². The van der Waals surface area contributed by atoms with Gasteiger partial charge in [-0.25, -0.2) is 19.7 Å². The second kappa shape index (κ2) is 14.7. The van der Waals surface area contributed by atoms with E-state index in [1.165, 1.54) is 37.4 Å². The number of nitriles is 1. The smallest absolute Gasteiger partial charge is 0.342 e. The van der Waals surface area contributed by atoms with E-state index in [-0.39, 0.29) is 11.5 Å². The van der Waals surface area contributed by atoms with E-state index >= 15 is 0 Å². The van der Waals surface area contributed by atoms with Gasteiger partial charge in [-0.3, -0.25) is 28.5 Å². The highest BCUT2D eigenvalue weighted by molar-refractivity contribution is 7.54. The SMILES string of the molecule is COC(=O)[C@H](C)NP(=O)(N[C@@H](C)C(=O)OC)OC[C@@]1(C#N)O[C@@H](c2ccc3c(NC(C)=O)ncnn23)[C@H](OC(C)=O)[C@@H]1OC(C)=O. The van der Waals surface area contributed by atoms with E-state index in [2.05, 4.69) is 35.0 Å². The highest BCUT2D eigenvalue weighted by Crippen LogP contribution is 2.47. The van der Waals surface area contributed by atoms with Crippen molar-refractivity contribution in [2.75, 3.05) is 26.1 Å². The molecule has 1 amide bonds. The van der Waals surface area contributed by atoms with Crippen LogP contribution in [0.4, 0.5) is 5.82 Å². The molecule has 20 heteroatoms. The summed E-state index contributed by atoms with van der Waals surface area (Å²) < 4.78 is 47.5. The number of rotatable bonds is 13. The van der Waals surface area contributed by atoms with Gasteiger partial charge in [0.1, 0.15) is 42.7 Å². The number of aromatic nitrogens is 3. The fraction of sp³-hybridized carbons (Fsp3) is 0.538. The molecule has 1 saturated heterocycles. The van der Waals surface area contributed by atoms with Crippen LogP contribution in [0.25, 0.3) is 5.52 Å². The van der Waals surface area contributed by atoms with Crippen molar-refractivity contribution in [2.24, 2.45) is 0 Å². The maximum absolute atomic E-state index is 14.0. The molecule has 3 rings (SSSR count). The Morgan fingerprint density at radius 1 is 1.04 bits per heavy atom. The van der Waals surface area contributed by atoms with Crippen LogP contribution >= 0.6 is 7.67 Å². The molecule has 3 N–H and O–H groups in total. The molecular formula is C26H34N7O12P. The van der Waals surface area contributed by atoms with Crippen LogP contribution in [0.3, 0.4) is 0 Å². The first kappa shape index (κ1) is 36.0. The predicted molar refractivity (Wildman–Crippen MR) is 153 cm³/mol. The number of nitrogens with zero attached hydrogens (tertiary/aromatic N) is 4. The average molecular weight is 668 g/mol. The monoisotopic (exact) mass is 667 g/mol. The molecule has 1 aliphatic rings. The summed E-state index contributed by atoms with van der Waals surface area (Å²) in [6.45, 7) is 5.10. The molecule has 0 saturated carbocycles. The third-order valence-corrected chi connectivity index (χ3v) is 8.49. The van der Waals surface area contributed by atoms with Crippen LogP contribution in [0.1, 0.15) is 46.4 Å². The Hall–Kier alpha value is -4.47. The van der Waals surface area contributed by atoms with E-state index in [9.17, 15) is 33.8 Å². The molecule has 19 nitrogen and oxygen atoms in total. The van der Waals surface area contributed by atoms with Crippen LogP contribution < -0.4 is 15.5 Å². The van der Waals surface area contributed by atoms with Gasteiger partial charge in [-0.15, -0.1) is 0 Å². The second-order valence-corrected chi connectivity index (χ2v) is 11.9. The zero-order valence-electron chi connectivity index (χ0n) is 26.0. The topological polar surface area (TPSA) is 248 Å². The number of amides is 1. The number of esters is 4. The van der Waals surface area contributed by atoms with E-state index in [1.807, 2.05) is 6.07 Å². The molecule has 0 aliphatic carbocycles. The normalized spacial score (nSPS) is 22.3. The Morgan fingerprint density at radius 3 is 2.13 bits per heavy atom. The van der Waals surface area contributed by atoms with Crippen molar-refractivity contribution in [3.63, 3.8) is 0 Å². The maximum atomic E-state index is 14.0. The van der Waals surface area contributed by atoms with Crippen LogP contribution in [-0.2, 0) is 56.7 Å². The van der Waals surface area contributed by atoms with Gasteiger partial charge < -0.3 is 33.5 Å². The van der Waals surface area contributed by atoms with Gasteiger partial charge in [-0.05, 0) is 26.0 Å². The van der Waals surface area contributed by atoms with E-state index < -0.39 is 80.1 Å². The summed E-state index contributed by atoms with van der Waals surface area (Å²) >= 11 is 0. The van der Waals surface area contributed by atoms with Crippen molar-refractivity contribution in [2.45, 2.75) is 70.6 Å². The summed E-state index contributed by atoms with van der Waals surface area (Å²) in [5.74, 6) is -3.66. The van der Waals surface area contributed by atoms with E-state index in [4.69, 9.17) is 18.7 Å². The Kier molecular flexibility index (Phi) is 11.5. The number of hydrogen-bond acceptors (Lipinski definition) is 15. The van der Waals surface area contributed by atoms with Gasteiger partial charge in [0.15, 0.2) is 18.0 Å². The molecular weight excluding hydrogens is 633 g/mol. The highest BCUT2D eigenvalue weighted by Gasteiger charge is 2.62. The zero-order valence-corrected chi connectivity index (χ0v) is 26.9. The van der Waals surface area contributed by atoms with Crippen LogP contribution in [0, 0.1) is 11.3 Å². The summed E-state index contributed by atoms with van der Waals surface area (Å²) in [4.78, 5) is 64.6. The van der Waals surface area contributed by atoms with Gasteiger partial charge in [-0.2, -0.15) is 10.4 Å². The molecule has 0 bridgehead atoms. The molecule has 0 radical (unpaired) electrons. The van der Waals surface area contributed by atoms with Crippen molar-refractivity contribution in [3.8, 4) is 6.07 Å². The molecule has 1 fully saturated rings. The Balaban J connectivity index is 2.11. The molecule has 2 aromatic heterocycles. The van der Waals surface area contributed by atoms with Gasteiger partial charge in [-0.1, -0.05) is 0 Å². The van der Waals surface area contributed by atoms with Crippen LogP contribution in [0.2, 0.25) is 0 Å². The van der Waals surface area contributed by atoms with Gasteiger partial charge in [0.2, 0.25) is 11.5 Å². The van der Waals surface area contributed by atoms with E-state index in [1.54, 1.807) is 0 Å². The molecule has 250 valence electrons. The Labute approximate surface area is 262 Å². The number of ether oxygens (including phenoxy) is 5. The Bertz CT molecular complexity index is 1560. The number of anilines is 1. The molecule has 6 atom stereocenters. The van der Waals surface area contributed by atoms with Crippen LogP contribution in [0.15, 0.2) is 18.5 Å². The summed E-state index contributed by atoms with van der Waals surface area (Å²) in [5, 5.41) is 22.1. The number of carbonyl (C=O) groups is 5. The first-order valence-electron chi connectivity index (χ1n) is 13.6. The third-order valence-electron chi connectivity index (χ3n) is 6.54. The van der Waals surface area contributed by atoms with Crippen LogP contribution in [-0.4, -0.2) is 95.1 Å². The molecule has 2 aromatic rings. The summed E-state index contributed by atoms with van der Waals surface area (Å²) in [5.41, 5.74) is -1.82. The quantitative estimate of drug-likeness (QED) is 0.148. The van der Waals surface area contributed by atoms with Crippen molar-refractivity contribution in [1.82, 2.24) is 24.8 Å². The molecule has 0 spiro atoms. The lowest BCUT2D eigenvalue weighted by Gasteiger charge is -2.31. The number of carbonyl (C=O) groups excluding carboxylic acids is 5. The first-order valence-corrected chi connectivity index (χ1v) is 15.2. The van der Waals surface area contributed by atoms with E-state index in [0.717, 1.165) is 34.4 Å². The average Bonchev–Trinajstić information content (AvgIpc) is 3.54. The zero-order chi connectivity index (χ0) is 34.4. The molecule has 46 heavy (non-hydrogen) atoms. The molecule has 1 aliphatic heterocycles. The minimum Gasteiger partial charge on any atom is -0.468 e. The van der Waals surface area contributed by atoms with Crippen molar-refractivity contribution in [3.05, 3.63) is 24.2 Å². The maximum Gasteiger partial charge on any atom is 0.342 e. The largest absolute Gasteiger partial charge is 0.468 e. The van der Waals surface area contributed by atoms with Gasteiger partial charge in [0.25, 0.3) is 0 Å². The summed E-state index contributed by atoms with van der Waals surface area (Å²) in [6.07, 6.45) is -3.37. The van der Waals surface area contributed by atoms with Gasteiger partial charge in [0.05, 0.1) is 19.9 Å². The lowest BCUT2D eigenvalue weighted by Crippen LogP contribution is -2.50. The van der Waals surface area contributed by atoms with Gasteiger partial charge >= 0.3 is 31.5 Å². The second-order valence-electron chi connectivity index (χ2n) is 10.1. The summed E-state index contributed by atoms with van der Waals surface area (Å²) in [7, 11) is -2.27. The Morgan fingerprint density at radius 2 is 1.63 bits per heavy atom. The van der Waals surface area contributed by atoms with Gasteiger partial charge in [0, 0.05) is 20.8 Å². The highest BCUT2D eigenvalue weighted by atomic mass is 31.2. The fourth-order valence-electron chi connectivity index (χ4n) is 4.61. The minimum atomic E-state index is -4.47. The van der Waals surface area contributed by atoms with Crippen molar-refractivity contribution >= 4 is 48.8 Å². The number of methoxy groups -OCH3 is 2. The molecule has 0 aromatic carbocycles. The first-order chi connectivity index (χ1) is 21.6. The number of nitrogens with one attached hydrogen (secondary N) is 3. The third kappa shape index (κ3) is 8.02. The van der Waals surface area contributed by atoms with E-state index in [0.29, 0.717) is 5.52 Å². The molecule has 0 unspecified atom stereocenters. The number of fused-ring (bicyclic) bond motifs is 1. The standard InChI is InChI=1S/C26H34N7O12P/c1-13(24(37)40-6)31-46(39,32-14(2)25(38)41-7)42-11-26(10-27)22(44-17(5)36)21(43-16(4)35)20(45-26)18-8-9-19-23(30-15(3)34)28-12-29-33(18)19/h8-9,12-14,20-22H,11H2,1-7H3,(H2,31,32,39)(H,28,29,30,34)/t13-,14-,20-,21-,22-,26+/m0/s1. The lowest BCUT2D eigenvalue weighted by molar-refractivity contribution is -0.166. The van der Waals surface area contributed by atoms with Crippen LogP contribution in [0.5, 0.6) is 0 Å². The fourth-order valence-corrected chi connectivity index (χ4v) is 6.44. The predicted octanol–water partition coefficient (Wildman–Crippen LogP) is 0.312. The van der Waals surface area contributed by atoms with Crippen molar-refractivity contribution in [1.29, 1.82) is 5.26 Å². The summed E-state index contributed by atoms with van der Waals surface area (Å²) in [6, 6.07) is 2.43. The lowest BCUT2D eigenvalue weighted by atomic mass is 9.95. The molecule has 3 heterocycles. The minimum absolute atomic E-state index is 0.139.